The number of aromatic carboxylic acids is 1. The van der Waals surface area contributed by atoms with Crippen molar-refractivity contribution >= 4 is 75.4 Å². The summed E-state index contributed by atoms with van der Waals surface area (Å²) in [6.07, 6.45) is 1.73. The number of halogens is 3. The largest absolute Gasteiger partial charge is 0.487 e. The summed E-state index contributed by atoms with van der Waals surface area (Å²) >= 11 is 19.6. The van der Waals surface area contributed by atoms with Crippen molar-refractivity contribution in [1.29, 1.82) is 0 Å². The minimum Gasteiger partial charge on any atom is -0.487 e. The number of hydrogen-bond acceptors (Lipinski definition) is 5. The SMILES string of the molecule is CN1C(=O)/C(=C/c2ccc(OCc3ccc(Cl)c(Cl)c3)c(Cl)c2)SC1=Nc1ccc(C(=O)O)cc1. The number of nitrogens with zero attached hydrogens (tertiary/aromatic N) is 2. The van der Waals surface area contributed by atoms with Gasteiger partial charge in [0.15, 0.2) is 5.17 Å². The molecule has 10 heteroatoms. The molecule has 0 unspecified atom stereocenters. The van der Waals surface area contributed by atoms with Gasteiger partial charge in [-0.1, -0.05) is 46.9 Å². The molecule has 35 heavy (non-hydrogen) atoms. The molecule has 1 fully saturated rings. The minimum absolute atomic E-state index is 0.166. The Morgan fingerprint density at radius 3 is 2.43 bits per heavy atom. The third-order valence-electron chi connectivity index (χ3n) is 4.97. The molecule has 1 aliphatic heterocycles. The van der Waals surface area contributed by atoms with Gasteiger partial charge in [-0.3, -0.25) is 9.69 Å². The molecule has 0 radical (unpaired) electrons. The lowest BCUT2D eigenvalue weighted by Gasteiger charge is -2.09. The molecule has 0 aromatic heterocycles. The zero-order valence-electron chi connectivity index (χ0n) is 18.2. The van der Waals surface area contributed by atoms with Crippen LogP contribution in [0.25, 0.3) is 6.08 Å². The lowest BCUT2D eigenvalue weighted by Crippen LogP contribution is -2.23. The van der Waals surface area contributed by atoms with Crippen LogP contribution in [0.2, 0.25) is 15.1 Å². The summed E-state index contributed by atoms with van der Waals surface area (Å²) < 4.78 is 5.80. The molecule has 1 amide bonds. The van der Waals surface area contributed by atoms with Crippen molar-refractivity contribution in [2.24, 2.45) is 4.99 Å². The van der Waals surface area contributed by atoms with Gasteiger partial charge in [-0.05, 0) is 77.5 Å². The van der Waals surface area contributed by atoms with E-state index >= 15 is 0 Å². The van der Waals surface area contributed by atoms with Crippen LogP contribution < -0.4 is 4.74 Å². The van der Waals surface area contributed by atoms with Gasteiger partial charge in [-0.15, -0.1) is 0 Å². The van der Waals surface area contributed by atoms with E-state index in [4.69, 9.17) is 44.6 Å². The Morgan fingerprint density at radius 1 is 1.03 bits per heavy atom. The maximum Gasteiger partial charge on any atom is 0.335 e. The van der Waals surface area contributed by atoms with E-state index in [-0.39, 0.29) is 18.1 Å². The van der Waals surface area contributed by atoms with E-state index in [2.05, 4.69) is 4.99 Å². The highest BCUT2D eigenvalue weighted by Gasteiger charge is 2.30. The van der Waals surface area contributed by atoms with E-state index in [9.17, 15) is 9.59 Å². The number of carboxylic acid groups (broad SMARTS) is 1. The predicted octanol–water partition coefficient (Wildman–Crippen LogP) is 7.16. The van der Waals surface area contributed by atoms with E-state index < -0.39 is 5.97 Å². The van der Waals surface area contributed by atoms with Crippen LogP contribution in [0.3, 0.4) is 0 Å². The highest BCUT2D eigenvalue weighted by atomic mass is 35.5. The van der Waals surface area contributed by atoms with Crippen molar-refractivity contribution < 1.29 is 19.4 Å². The monoisotopic (exact) mass is 546 g/mol. The molecule has 1 aliphatic rings. The number of thioether (sulfide) groups is 1. The molecule has 0 aliphatic carbocycles. The third-order valence-corrected chi connectivity index (χ3v) is 7.07. The normalized spacial score (nSPS) is 15.8. The van der Waals surface area contributed by atoms with Gasteiger partial charge in [0, 0.05) is 7.05 Å². The van der Waals surface area contributed by atoms with Gasteiger partial charge in [0.25, 0.3) is 5.91 Å². The second kappa shape index (κ2) is 10.7. The van der Waals surface area contributed by atoms with Crippen LogP contribution in [0, 0.1) is 0 Å². The van der Waals surface area contributed by atoms with Gasteiger partial charge >= 0.3 is 5.97 Å². The Morgan fingerprint density at radius 2 is 1.77 bits per heavy atom. The van der Waals surface area contributed by atoms with E-state index in [0.29, 0.717) is 36.6 Å². The van der Waals surface area contributed by atoms with E-state index in [1.165, 1.54) is 28.8 Å². The summed E-state index contributed by atoms with van der Waals surface area (Å²) in [4.78, 5) is 30.1. The lowest BCUT2D eigenvalue weighted by atomic mass is 10.2. The molecule has 0 atom stereocenters. The molecule has 0 bridgehead atoms. The molecule has 4 rings (SSSR count). The Labute approximate surface area is 220 Å². The number of hydrogen-bond donors (Lipinski definition) is 1. The van der Waals surface area contributed by atoms with Crippen LogP contribution >= 0.6 is 46.6 Å². The zero-order valence-corrected chi connectivity index (χ0v) is 21.3. The number of amides is 1. The van der Waals surface area contributed by atoms with Gasteiger partial charge in [0.2, 0.25) is 0 Å². The van der Waals surface area contributed by atoms with Crippen molar-refractivity contribution in [1.82, 2.24) is 4.90 Å². The molecule has 0 spiro atoms. The Bertz CT molecular complexity index is 1370. The topological polar surface area (TPSA) is 79.2 Å². The van der Waals surface area contributed by atoms with Gasteiger partial charge in [0.1, 0.15) is 12.4 Å². The second-order valence-electron chi connectivity index (χ2n) is 7.45. The number of likely N-dealkylation sites (N-methyl/N-ethyl adjacent to an activating group) is 1. The third kappa shape index (κ3) is 6.00. The first kappa shape index (κ1) is 25.1. The number of carbonyl (C=O) groups excluding carboxylic acids is 1. The lowest BCUT2D eigenvalue weighted by molar-refractivity contribution is -0.121. The molecule has 3 aromatic rings. The smallest absolute Gasteiger partial charge is 0.335 e. The Balaban J connectivity index is 1.47. The fraction of sp³-hybridized carbons (Fsp3) is 0.0800. The number of rotatable bonds is 6. The molecule has 6 nitrogen and oxygen atoms in total. The maximum absolute atomic E-state index is 12.7. The van der Waals surface area contributed by atoms with Gasteiger partial charge < -0.3 is 9.84 Å². The Kier molecular flexibility index (Phi) is 7.72. The van der Waals surface area contributed by atoms with Crippen LogP contribution in [-0.4, -0.2) is 34.1 Å². The predicted molar refractivity (Wildman–Crippen MR) is 141 cm³/mol. The number of amidine groups is 1. The zero-order chi connectivity index (χ0) is 25.1. The van der Waals surface area contributed by atoms with Crippen molar-refractivity contribution in [2.45, 2.75) is 6.61 Å². The summed E-state index contributed by atoms with van der Waals surface area (Å²) in [5.41, 5.74) is 2.29. The van der Waals surface area contributed by atoms with Crippen molar-refractivity contribution in [3.8, 4) is 5.75 Å². The van der Waals surface area contributed by atoms with Gasteiger partial charge in [0.05, 0.1) is 31.2 Å². The van der Waals surface area contributed by atoms with Gasteiger partial charge in [-0.25, -0.2) is 9.79 Å². The number of carbonyl (C=O) groups is 2. The van der Waals surface area contributed by atoms with Gasteiger partial charge in [-0.2, -0.15) is 0 Å². The van der Waals surface area contributed by atoms with E-state index in [0.717, 1.165) is 11.1 Å². The van der Waals surface area contributed by atoms with E-state index in [1.54, 1.807) is 55.6 Å². The van der Waals surface area contributed by atoms with Crippen LogP contribution in [0.1, 0.15) is 21.5 Å². The van der Waals surface area contributed by atoms with Crippen LogP contribution in [0.4, 0.5) is 5.69 Å². The quantitative estimate of drug-likeness (QED) is 0.331. The first-order valence-electron chi connectivity index (χ1n) is 10.2. The summed E-state index contributed by atoms with van der Waals surface area (Å²) in [5, 5.41) is 10.8. The molecule has 3 aromatic carbocycles. The van der Waals surface area contributed by atoms with Crippen LogP contribution in [-0.2, 0) is 11.4 Å². The number of carboxylic acids is 1. The Hall–Kier alpha value is -2.97. The molecule has 1 saturated heterocycles. The average molecular weight is 548 g/mol. The number of ether oxygens (including phenoxy) is 1. The second-order valence-corrected chi connectivity index (χ2v) is 9.68. The van der Waals surface area contributed by atoms with Crippen molar-refractivity contribution in [3.05, 3.63) is 97.3 Å². The fourth-order valence-electron chi connectivity index (χ4n) is 3.11. The fourth-order valence-corrected chi connectivity index (χ4v) is 4.66. The molecule has 0 saturated carbocycles. The summed E-state index contributed by atoms with van der Waals surface area (Å²) in [6, 6.07) is 16.6. The van der Waals surface area contributed by atoms with Crippen LogP contribution in [0.5, 0.6) is 5.75 Å². The molecular weight excluding hydrogens is 531 g/mol. The molecule has 178 valence electrons. The number of aliphatic imine (C=N–C) groups is 1. The maximum atomic E-state index is 12.7. The summed E-state index contributed by atoms with van der Waals surface area (Å²) in [5.74, 6) is -0.720. The first-order valence-corrected chi connectivity index (χ1v) is 12.1. The highest BCUT2D eigenvalue weighted by molar-refractivity contribution is 8.18. The first-order chi connectivity index (χ1) is 16.7. The summed E-state index contributed by atoms with van der Waals surface area (Å²) in [7, 11) is 1.63. The van der Waals surface area contributed by atoms with Crippen molar-refractivity contribution in [3.63, 3.8) is 0 Å². The molecule has 1 heterocycles. The van der Waals surface area contributed by atoms with E-state index in [1.807, 2.05) is 6.07 Å². The standard InChI is InChI=1S/C25H17Cl3N2O4S/c1-30-23(31)22(35-25(30)29-17-6-4-16(5-7-17)24(32)33)12-14-3-9-21(20(28)10-14)34-13-15-2-8-18(26)19(27)11-15/h2-12H,13H2,1H3,(H,32,33)/b22-12-,29-25?. The molecular formula is C25H17Cl3N2O4S. The van der Waals surface area contributed by atoms with Crippen molar-refractivity contribution in [2.75, 3.05) is 7.05 Å². The van der Waals surface area contributed by atoms with Crippen LogP contribution in [0.15, 0.2) is 70.6 Å². The molecule has 1 N–H and O–H groups in total. The average Bonchev–Trinajstić information content (AvgIpc) is 3.08. The number of benzene rings is 3. The summed E-state index contributed by atoms with van der Waals surface area (Å²) in [6.45, 7) is 0.267. The minimum atomic E-state index is -1.01. The highest BCUT2D eigenvalue weighted by Crippen LogP contribution is 2.35.